The Morgan fingerprint density at radius 1 is 1.22 bits per heavy atom. The number of rotatable bonds is 3. The molecule has 0 unspecified atom stereocenters. The average Bonchev–Trinajstić information content (AvgIpc) is 2.78. The third kappa shape index (κ3) is 2.75. The van der Waals surface area contributed by atoms with E-state index in [4.69, 9.17) is 12.7 Å². The second-order valence-electron chi connectivity index (χ2n) is 5.64. The highest BCUT2D eigenvalue weighted by Gasteiger charge is 2.22. The first-order valence-electron chi connectivity index (χ1n) is 7.28. The number of aryl methyl sites for hydroxylation is 3. The zero-order chi connectivity index (χ0) is 17.3. The van der Waals surface area contributed by atoms with Crippen LogP contribution in [0.5, 0.6) is 0 Å². The molecule has 0 bridgehead atoms. The van der Waals surface area contributed by atoms with Crippen molar-refractivity contribution in [1.82, 2.24) is 14.8 Å². The number of hydrogen-bond acceptors (Lipinski definition) is 4. The first-order chi connectivity index (χ1) is 10.8. The lowest BCUT2D eigenvalue weighted by atomic mass is 9.97. The molecule has 0 atom stereocenters. The van der Waals surface area contributed by atoms with Crippen LogP contribution in [0, 0.1) is 45.9 Å². The van der Waals surface area contributed by atoms with Crippen molar-refractivity contribution in [3.05, 3.63) is 45.5 Å². The van der Waals surface area contributed by atoms with E-state index in [9.17, 15) is 5.26 Å². The van der Waals surface area contributed by atoms with E-state index in [0.717, 1.165) is 33.6 Å². The molecule has 0 amide bonds. The molecular formula is C17H19BN4O. The topological polar surface area (TPSA) is 63.7 Å². The highest BCUT2D eigenvalue weighted by molar-refractivity contribution is 6.07. The van der Waals surface area contributed by atoms with Crippen LogP contribution in [0.15, 0.2) is 6.20 Å². The van der Waals surface area contributed by atoms with Gasteiger partial charge in [0.05, 0.1) is 0 Å². The number of nitriles is 1. The minimum Gasteiger partial charge on any atom is -0.566 e. The maximum Gasteiger partial charge on any atom is 0.374 e. The lowest BCUT2D eigenvalue weighted by Crippen LogP contribution is -2.04. The van der Waals surface area contributed by atoms with Crippen LogP contribution < -0.4 is 0 Å². The normalized spacial score (nSPS) is 11.9. The average molecular weight is 306 g/mol. The van der Waals surface area contributed by atoms with Gasteiger partial charge in [-0.15, -0.1) is 0 Å². The SMILES string of the molecule is [B]OC(=C(C#N)c1nn(C)c(C)c1C)c1c(C)ncc(C)c1C. The fourth-order valence-electron chi connectivity index (χ4n) is 2.56. The Bertz CT molecular complexity index is 843. The lowest BCUT2D eigenvalue weighted by molar-refractivity contribution is 0.572. The molecule has 0 aromatic carbocycles. The van der Waals surface area contributed by atoms with E-state index in [-0.39, 0.29) is 0 Å². The fraction of sp³-hybridized carbons (Fsp3) is 0.353. The molecule has 5 nitrogen and oxygen atoms in total. The molecule has 2 heterocycles. The quantitative estimate of drug-likeness (QED) is 0.497. The predicted octanol–water partition coefficient (Wildman–Crippen LogP) is 2.85. The van der Waals surface area contributed by atoms with Gasteiger partial charge in [0.2, 0.25) is 0 Å². The highest BCUT2D eigenvalue weighted by atomic mass is 16.4. The van der Waals surface area contributed by atoms with Crippen LogP contribution in [0.1, 0.15) is 39.3 Å². The van der Waals surface area contributed by atoms with Gasteiger partial charge in [0.1, 0.15) is 23.1 Å². The summed E-state index contributed by atoms with van der Waals surface area (Å²) in [5, 5.41) is 14.1. The van der Waals surface area contributed by atoms with Gasteiger partial charge in [-0.05, 0) is 51.3 Å². The van der Waals surface area contributed by atoms with Crippen molar-refractivity contribution >= 4 is 19.4 Å². The van der Waals surface area contributed by atoms with Crippen LogP contribution in [0.25, 0.3) is 11.3 Å². The number of pyridine rings is 1. The Hall–Kier alpha value is -2.55. The molecular weight excluding hydrogens is 287 g/mol. The maximum atomic E-state index is 9.70. The molecule has 23 heavy (non-hydrogen) atoms. The van der Waals surface area contributed by atoms with Gasteiger partial charge in [-0.2, -0.15) is 10.4 Å². The van der Waals surface area contributed by atoms with Crippen LogP contribution in [-0.4, -0.2) is 22.8 Å². The van der Waals surface area contributed by atoms with Gasteiger partial charge in [-0.3, -0.25) is 9.67 Å². The molecule has 116 valence electrons. The minimum atomic E-state index is 0.305. The predicted molar refractivity (Wildman–Crippen MR) is 90.4 cm³/mol. The molecule has 6 heteroatoms. The summed E-state index contributed by atoms with van der Waals surface area (Å²) in [6, 6.07) is 2.19. The summed E-state index contributed by atoms with van der Waals surface area (Å²) in [5.74, 6) is 0.305. The third-order valence-corrected chi connectivity index (χ3v) is 4.33. The van der Waals surface area contributed by atoms with E-state index < -0.39 is 0 Å². The Balaban J connectivity index is 2.85. The smallest absolute Gasteiger partial charge is 0.374 e. The second-order valence-corrected chi connectivity index (χ2v) is 5.64. The molecule has 2 aromatic heterocycles. The Morgan fingerprint density at radius 3 is 2.35 bits per heavy atom. The molecule has 2 aromatic rings. The number of allylic oxidation sites excluding steroid dienone is 1. The zero-order valence-electron chi connectivity index (χ0n) is 14.4. The van der Waals surface area contributed by atoms with Gasteiger partial charge >= 0.3 is 8.05 Å². The Labute approximate surface area is 138 Å². The van der Waals surface area contributed by atoms with Crippen molar-refractivity contribution in [3.63, 3.8) is 0 Å². The van der Waals surface area contributed by atoms with Crippen molar-refractivity contribution in [2.24, 2.45) is 7.05 Å². The van der Waals surface area contributed by atoms with Gasteiger partial charge < -0.3 is 4.65 Å². The van der Waals surface area contributed by atoms with E-state index in [1.807, 2.05) is 41.7 Å². The highest BCUT2D eigenvalue weighted by Crippen LogP contribution is 2.32. The standard InChI is InChI=1S/C17H19BN4O/c1-9-8-20-12(4)15(10(9)2)17(23-18)14(7-19)16-11(3)13(5)22(6)21-16/h8H,1-6H3. The lowest BCUT2D eigenvalue weighted by Gasteiger charge is -2.16. The van der Waals surface area contributed by atoms with E-state index >= 15 is 0 Å². The first-order valence-corrected chi connectivity index (χ1v) is 7.28. The zero-order valence-corrected chi connectivity index (χ0v) is 14.4. The van der Waals surface area contributed by atoms with Crippen molar-refractivity contribution in [1.29, 1.82) is 5.26 Å². The van der Waals surface area contributed by atoms with Crippen LogP contribution >= 0.6 is 0 Å². The van der Waals surface area contributed by atoms with Crippen molar-refractivity contribution < 1.29 is 4.65 Å². The van der Waals surface area contributed by atoms with Crippen LogP contribution in [-0.2, 0) is 11.7 Å². The van der Waals surface area contributed by atoms with E-state index in [2.05, 4.69) is 16.2 Å². The molecule has 0 N–H and O–H groups in total. The van der Waals surface area contributed by atoms with Crippen molar-refractivity contribution in [2.45, 2.75) is 34.6 Å². The number of aromatic nitrogens is 3. The monoisotopic (exact) mass is 306 g/mol. The summed E-state index contributed by atoms with van der Waals surface area (Å²) in [7, 11) is 7.37. The largest absolute Gasteiger partial charge is 0.566 e. The van der Waals surface area contributed by atoms with Gasteiger partial charge in [0.15, 0.2) is 0 Å². The number of hydrogen-bond donors (Lipinski definition) is 0. The molecule has 0 aliphatic heterocycles. The summed E-state index contributed by atoms with van der Waals surface area (Å²) in [4.78, 5) is 4.36. The van der Waals surface area contributed by atoms with E-state index in [1.165, 1.54) is 0 Å². The fourth-order valence-corrected chi connectivity index (χ4v) is 2.56. The minimum absolute atomic E-state index is 0.305. The van der Waals surface area contributed by atoms with Gasteiger partial charge in [0.25, 0.3) is 0 Å². The molecule has 0 aliphatic rings. The van der Waals surface area contributed by atoms with Crippen LogP contribution in [0.3, 0.4) is 0 Å². The van der Waals surface area contributed by atoms with Gasteiger partial charge in [-0.1, -0.05) is 0 Å². The Morgan fingerprint density at radius 2 is 1.87 bits per heavy atom. The van der Waals surface area contributed by atoms with Gasteiger partial charge in [0, 0.05) is 30.2 Å². The molecule has 0 fully saturated rings. The first kappa shape index (κ1) is 16.8. The van der Waals surface area contributed by atoms with Crippen LogP contribution in [0.4, 0.5) is 0 Å². The molecule has 2 radical (unpaired) electrons. The Kier molecular flexibility index (Phi) is 4.60. The summed E-state index contributed by atoms with van der Waals surface area (Å²) in [6.07, 6.45) is 1.80. The molecule has 0 spiro atoms. The second kappa shape index (κ2) is 6.29. The van der Waals surface area contributed by atoms with Crippen LogP contribution in [0.2, 0.25) is 0 Å². The van der Waals surface area contributed by atoms with E-state index in [0.29, 0.717) is 17.0 Å². The summed E-state index contributed by atoms with van der Waals surface area (Å²) in [5.41, 5.74) is 6.29. The van der Waals surface area contributed by atoms with E-state index in [1.54, 1.807) is 10.9 Å². The maximum absolute atomic E-state index is 9.70. The summed E-state index contributed by atoms with van der Waals surface area (Å²) in [6.45, 7) is 9.67. The molecule has 0 saturated heterocycles. The van der Waals surface area contributed by atoms with Crippen molar-refractivity contribution in [3.8, 4) is 6.07 Å². The summed E-state index contributed by atoms with van der Waals surface area (Å²) < 4.78 is 6.87. The number of nitrogens with zero attached hydrogens (tertiary/aromatic N) is 4. The van der Waals surface area contributed by atoms with Gasteiger partial charge in [-0.25, -0.2) is 0 Å². The molecule has 0 saturated carbocycles. The molecule has 2 rings (SSSR count). The molecule has 0 aliphatic carbocycles. The third-order valence-electron chi connectivity index (χ3n) is 4.33. The van der Waals surface area contributed by atoms with Crippen molar-refractivity contribution in [2.75, 3.05) is 0 Å². The summed E-state index contributed by atoms with van der Waals surface area (Å²) >= 11 is 0.